The van der Waals surface area contributed by atoms with Gasteiger partial charge >= 0.3 is 5.69 Å². The lowest BCUT2D eigenvalue weighted by molar-refractivity contribution is 0.790. The fourth-order valence-electron chi connectivity index (χ4n) is 1.83. The van der Waals surface area contributed by atoms with Crippen molar-refractivity contribution >= 4 is 11.5 Å². The van der Waals surface area contributed by atoms with Gasteiger partial charge in [0.05, 0.1) is 0 Å². The van der Waals surface area contributed by atoms with Gasteiger partial charge in [0, 0.05) is 25.7 Å². The Balaban J connectivity index is 2.53. The Kier molecular flexibility index (Phi) is 3.10. The molecular formula is C10H16N6O. The van der Waals surface area contributed by atoms with Gasteiger partial charge in [0.25, 0.3) is 0 Å². The highest BCUT2D eigenvalue weighted by atomic mass is 16.1. The molecule has 0 aromatic carbocycles. The molecule has 0 amide bonds. The summed E-state index contributed by atoms with van der Waals surface area (Å²) in [5, 5.41) is 6.35. The zero-order chi connectivity index (χ0) is 12.4. The summed E-state index contributed by atoms with van der Waals surface area (Å²) >= 11 is 0. The number of aromatic amines is 1. The average molecular weight is 236 g/mol. The summed E-state index contributed by atoms with van der Waals surface area (Å²) in [6.45, 7) is 5.92. The van der Waals surface area contributed by atoms with Gasteiger partial charge in [-0.25, -0.2) is 19.3 Å². The van der Waals surface area contributed by atoms with Gasteiger partial charge in [-0.15, -0.1) is 0 Å². The van der Waals surface area contributed by atoms with Crippen molar-refractivity contribution in [3.8, 4) is 0 Å². The summed E-state index contributed by atoms with van der Waals surface area (Å²) in [6, 6.07) is 1.78. The molecule has 2 aromatic heterocycles. The Labute approximate surface area is 98.3 Å². The first kappa shape index (κ1) is 11.6. The number of nitrogens with two attached hydrogens (primary N) is 1. The highest BCUT2D eigenvalue weighted by molar-refractivity contribution is 5.51. The number of anilines is 1. The topological polar surface area (TPSA) is 92.3 Å². The molecule has 2 heterocycles. The van der Waals surface area contributed by atoms with Gasteiger partial charge < -0.3 is 10.6 Å². The van der Waals surface area contributed by atoms with Crippen LogP contribution in [0.2, 0.25) is 0 Å². The van der Waals surface area contributed by atoms with Crippen LogP contribution in [-0.2, 0) is 0 Å². The lowest BCUT2D eigenvalue weighted by Gasteiger charge is -2.21. The standard InChI is InChI=1S/C10H16N6O/c1-3-15(5-4-11)8-6-9-13-14-10(17)16(9)7(2)12-8/h6H,3-5,11H2,1-2H3,(H,14,17). The van der Waals surface area contributed by atoms with Crippen molar-refractivity contribution in [1.82, 2.24) is 19.6 Å². The predicted molar refractivity (Wildman–Crippen MR) is 65.3 cm³/mol. The quantitative estimate of drug-likeness (QED) is 0.747. The lowest BCUT2D eigenvalue weighted by atomic mass is 10.4. The summed E-state index contributed by atoms with van der Waals surface area (Å²) in [5.74, 6) is 1.41. The minimum Gasteiger partial charge on any atom is -0.355 e. The minimum absolute atomic E-state index is 0.265. The molecule has 0 saturated carbocycles. The van der Waals surface area contributed by atoms with Crippen molar-refractivity contribution in [3.05, 3.63) is 22.4 Å². The van der Waals surface area contributed by atoms with Gasteiger partial charge in [-0.1, -0.05) is 0 Å². The monoisotopic (exact) mass is 236 g/mol. The maximum Gasteiger partial charge on any atom is 0.349 e. The highest BCUT2D eigenvalue weighted by Gasteiger charge is 2.10. The SMILES string of the molecule is CCN(CCN)c1cc2n[nH]c(=O)n2c(C)n1. The molecule has 2 aromatic rings. The zero-order valence-corrected chi connectivity index (χ0v) is 9.97. The Morgan fingerprint density at radius 3 is 3.00 bits per heavy atom. The van der Waals surface area contributed by atoms with Gasteiger partial charge in [0.1, 0.15) is 11.6 Å². The third-order valence-corrected chi connectivity index (χ3v) is 2.66. The molecule has 0 fully saturated rings. The molecule has 0 radical (unpaired) electrons. The van der Waals surface area contributed by atoms with E-state index in [1.807, 2.05) is 11.8 Å². The summed E-state index contributed by atoms with van der Waals surface area (Å²) in [4.78, 5) is 17.9. The Hall–Kier alpha value is -1.89. The van der Waals surface area contributed by atoms with Gasteiger partial charge in [-0.05, 0) is 13.8 Å². The first-order valence-electron chi connectivity index (χ1n) is 5.57. The number of nitrogens with zero attached hydrogens (tertiary/aromatic N) is 4. The Bertz CT molecular complexity index is 572. The third kappa shape index (κ3) is 2.01. The van der Waals surface area contributed by atoms with Crippen LogP contribution in [0.25, 0.3) is 5.65 Å². The van der Waals surface area contributed by atoms with Crippen molar-refractivity contribution in [1.29, 1.82) is 0 Å². The van der Waals surface area contributed by atoms with Crippen LogP contribution in [0.1, 0.15) is 12.7 Å². The van der Waals surface area contributed by atoms with E-state index < -0.39 is 0 Å². The summed E-state index contributed by atoms with van der Waals surface area (Å²) in [5.41, 5.74) is 5.86. The van der Waals surface area contributed by atoms with E-state index in [0.717, 1.165) is 18.9 Å². The van der Waals surface area contributed by atoms with Gasteiger partial charge in [-0.3, -0.25) is 0 Å². The van der Waals surface area contributed by atoms with E-state index in [1.165, 1.54) is 4.40 Å². The van der Waals surface area contributed by atoms with Crippen LogP contribution in [0.5, 0.6) is 0 Å². The fourth-order valence-corrected chi connectivity index (χ4v) is 1.83. The number of aryl methyl sites for hydroxylation is 1. The summed E-state index contributed by atoms with van der Waals surface area (Å²) in [6.07, 6.45) is 0. The molecule has 7 heteroatoms. The average Bonchev–Trinajstić information content (AvgIpc) is 2.68. The summed E-state index contributed by atoms with van der Waals surface area (Å²) in [7, 11) is 0. The van der Waals surface area contributed by atoms with E-state index in [1.54, 1.807) is 13.0 Å². The van der Waals surface area contributed by atoms with Crippen molar-refractivity contribution in [3.63, 3.8) is 0 Å². The molecular weight excluding hydrogens is 220 g/mol. The first-order valence-corrected chi connectivity index (χ1v) is 5.57. The normalized spacial score (nSPS) is 11.0. The molecule has 0 saturated heterocycles. The van der Waals surface area contributed by atoms with Crippen LogP contribution in [0.15, 0.2) is 10.9 Å². The van der Waals surface area contributed by atoms with Crippen molar-refractivity contribution in [2.45, 2.75) is 13.8 Å². The predicted octanol–water partition coefficient (Wildman–Crippen LogP) is -0.489. The number of hydrogen-bond acceptors (Lipinski definition) is 5. The Morgan fingerprint density at radius 2 is 2.35 bits per heavy atom. The van der Waals surface area contributed by atoms with Crippen LogP contribution in [-0.4, -0.2) is 39.2 Å². The molecule has 0 aliphatic rings. The number of hydrogen-bond donors (Lipinski definition) is 2. The molecule has 3 N–H and O–H groups in total. The maximum absolute atomic E-state index is 11.4. The largest absolute Gasteiger partial charge is 0.355 e. The molecule has 17 heavy (non-hydrogen) atoms. The van der Waals surface area contributed by atoms with Gasteiger partial charge in [0.15, 0.2) is 5.65 Å². The van der Waals surface area contributed by atoms with Crippen molar-refractivity contribution < 1.29 is 0 Å². The second-order valence-electron chi connectivity index (χ2n) is 3.75. The first-order chi connectivity index (χ1) is 8.17. The molecule has 7 nitrogen and oxygen atoms in total. The van der Waals surface area contributed by atoms with E-state index in [4.69, 9.17) is 5.73 Å². The molecule has 0 bridgehead atoms. The molecule has 92 valence electrons. The fraction of sp³-hybridized carbons (Fsp3) is 0.500. The Morgan fingerprint density at radius 1 is 1.59 bits per heavy atom. The third-order valence-electron chi connectivity index (χ3n) is 2.66. The van der Waals surface area contributed by atoms with Gasteiger partial charge in [0.2, 0.25) is 0 Å². The molecule has 0 atom stereocenters. The van der Waals surface area contributed by atoms with E-state index in [2.05, 4.69) is 15.2 Å². The molecule has 0 unspecified atom stereocenters. The number of nitrogens with one attached hydrogen (secondary N) is 1. The van der Waals surface area contributed by atoms with Crippen molar-refractivity contribution in [2.24, 2.45) is 5.73 Å². The van der Waals surface area contributed by atoms with Crippen LogP contribution < -0.4 is 16.3 Å². The molecule has 0 aliphatic carbocycles. The number of fused-ring (bicyclic) bond motifs is 1. The second-order valence-corrected chi connectivity index (χ2v) is 3.75. The zero-order valence-electron chi connectivity index (χ0n) is 9.97. The van der Waals surface area contributed by atoms with E-state index >= 15 is 0 Å². The maximum atomic E-state index is 11.4. The van der Waals surface area contributed by atoms with E-state index in [9.17, 15) is 4.79 Å². The molecule has 2 rings (SSSR count). The lowest BCUT2D eigenvalue weighted by Crippen LogP contribution is -2.30. The van der Waals surface area contributed by atoms with Crippen molar-refractivity contribution in [2.75, 3.05) is 24.5 Å². The number of H-pyrrole nitrogens is 1. The van der Waals surface area contributed by atoms with Crippen LogP contribution in [0.3, 0.4) is 0 Å². The van der Waals surface area contributed by atoms with Crippen LogP contribution in [0, 0.1) is 6.92 Å². The number of likely N-dealkylation sites (N-methyl/N-ethyl adjacent to an activating group) is 1. The van der Waals surface area contributed by atoms with E-state index in [0.29, 0.717) is 18.0 Å². The number of aromatic nitrogens is 4. The second kappa shape index (κ2) is 4.54. The summed E-state index contributed by atoms with van der Waals surface area (Å²) < 4.78 is 1.44. The minimum atomic E-state index is -0.265. The highest BCUT2D eigenvalue weighted by Crippen LogP contribution is 2.12. The molecule has 0 spiro atoms. The number of rotatable bonds is 4. The smallest absolute Gasteiger partial charge is 0.349 e. The molecule has 0 aliphatic heterocycles. The van der Waals surface area contributed by atoms with Crippen LogP contribution in [0.4, 0.5) is 5.82 Å². The van der Waals surface area contributed by atoms with E-state index in [-0.39, 0.29) is 5.69 Å². The van der Waals surface area contributed by atoms with Crippen LogP contribution >= 0.6 is 0 Å². The van der Waals surface area contributed by atoms with Gasteiger partial charge in [-0.2, -0.15) is 5.10 Å².